The molecular formula is C12H16B2NO. The molecule has 1 aliphatic heterocycles. The SMILES string of the molecule is [B]CCCN1[B]O[C@H](c2ccccc2)[C@@H]1C. The van der Waals surface area contributed by atoms with Gasteiger partial charge in [0.15, 0.2) is 0 Å². The molecule has 81 valence electrons. The fourth-order valence-corrected chi connectivity index (χ4v) is 2.06. The van der Waals surface area contributed by atoms with E-state index < -0.39 is 0 Å². The molecular weight excluding hydrogens is 196 g/mol. The average Bonchev–Trinajstić information content (AvgIpc) is 2.69. The van der Waals surface area contributed by atoms with Crippen LogP contribution in [0.1, 0.15) is 25.0 Å². The molecule has 0 saturated carbocycles. The third-order valence-corrected chi connectivity index (χ3v) is 3.05. The Hall–Kier alpha value is -0.730. The summed E-state index contributed by atoms with van der Waals surface area (Å²) in [7, 11) is 7.36. The highest BCUT2D eigenvalue weighted by molar-refractivity contribution is 6.24. The maximum absolute atomic E-state index is 5.72. The molecule has 0 aromatic heterocycles. The Morgan fingerprint density at radius 1 is 1.38 bits per heavy atom. The van der Waals surface area contributed by atoms with Crippen LogP contribution in [0, 0.1) is 0 Å². The molecule has 2 atom stereocenters. The van der Waals surface area contributed by atoms with Gasteiger partial charge in [-0.1, -0.05) is 36.7 Å². The smallest absolute Gasteiger partial charge is 0.399 e. The third-order valence-electron chi connectivity index (χ3n) is 3.05. The van der Waals surface area contributed by atoms with Gasteiger partial charge in [-0.2, -0.15) is 0 Å². The Morgan fingerprint density at radius 2 is 2.12 bits per heavy atom. The molecule has 0 bridgehead atoms. The molecule has 2 nitrogen and oxygen atoms in total. The van der Waals surface area contributed by atoms with E-state index in [9.17, 15) is 0 Å². The number of hydrogen-bond donors (Lipinski definition) is 0. The summed E-state index contributed by atoms with van der Waals surface area (Å²) in [6.07, 6.45) is 1.89. The summed E-state index contributed by atoms with van der Waals surface area (Å²) in [5, 5.41) is 0. The van der Waals surface area contributed by atoms with E-state index in [1.165, 1.54) is 5.56 Å². The van der Waals surface area contributed by atoms with Crippen molar-refractivity contribution in [2.24, 2.45) is 0 Å². The molecule has 0 N–H and O–H groups in total. The molecule has 0 spiro atoms. The van der Waals surface area contributed by atoms with Crippen LogP contribution in [0.4, 0.5) is 0 Å². The number of nitrogens with zero attached hydrogens (tertiary/aromatic N) is 1. The van der Waals surface area contributed by atoms with E-state index in [-0.39, 0.29) is 6.10 Å². The van der Waals surface area contributed by atoms with Crippen LogP contribution in [0.25, 0.3) is 0 Å². The van der Waals surface area contributed by atoms with Crippen molar-refractivity contribution in [3.05, 3.63) is 35.9 Å². The Bertz CT molecular complexity index is 320. The largest absolute Gasteiger partial charge is 0.415 e. The quantitative estimate of drug-likeness (QED) is 0.707. The zero-order valence-corrected chi connectivity index (χ0v) is 9.67. The lowest BCUT2D eigenvalue weighted by atomic mass is 9.99. The topological polar surface area (TPSA) is 12.5 Å². The summed E-state index contributed by atoms with van der Waals surface area (Å²) in [6, 6.07) is 10.7. The molecule has 1 aromatic rings. The first kappa shape index (κ1) is 11.7. The standard InChI is InChI=1S/C12H16B2NO/c1-10-12(11-6-3-2-4-7-11)16-14-15(10)9-5-8-13/h2-4,6-7,10,12H,5,8-9H2,1H3/t10-,12-/m0/s1. The van der Waals surface area contributed by atoms with Crippen molar-refractivity contribution in [3.63, 3.8) is 0 Å². The van der Waals surface area contributed by atoms with Crippen LogP contribution in [0.15, 0.2) is 30.3 Å². The number of benzene rings is 1. The zero-order chi connectivity index (χ0) is 11.4. The maximum atomic E-state index is 5.72. The van der Waals surface area contributed by atoms with Gasteiger partial charge in [0.05, 0.1) is 14.0 Å². The second-order valence-corrected chi connectivity index (χ2v) is 4.19. The second-order valence-electron chi connectivity index (χ2n) is 4.19. The third kappa shape index (κ3) is 2.50. The molecule has 1 saturated heterocycles. The maximum Gasteiger partial charge on any atom is 0.399 e. The summed E-state index contributed by atoms with van der Waals surface area (Å²) in [5.41, 5.74) is 1.24. The van der Waals surface area contributed by atoms with Crippen LogP contribution >= 0.6 is 0 Å². The Labute approximate surface area is 99.7 Å². The Kier molecular flexibility index (Phi) is 4.08. The fourth-order valence-electron chi connectivity index (χ4n) is 2.06. The van der Waals surface area contributed by atoms with Gasteiger partial charge >= 0.3 is 7.62 Å². The van der Waals surface area contributed by atoms with Gasteiger partial charge in [0.2, 0.25) is 0 Å². The fraction of sp³-hybridized carbons (Fsp3) is 0.500. The molecule has 2 rings (SSSR count). The highest BCUT2D eigenvalue weighted by atomic mass is 16.5. The van der Waals surface area contributed by atoms with Crippen molar-refractivity contribution in [3.8, 4) is 0 Å². The predicted molar refractivity (Wildman–Crippen MR) is 67.4 cm³/mol. The van der Waals surface area contributed by atoms with Gasteiger partial charge in [-0.15, -0.1) is 0 Å². The molecule has 0 unspecified atom stereocenters. The number of rotatable bonds is 4. The monoisotopic (exact) mass is 212 g/mol. The second kappa shape index (κ2) is 5.55. The van der Waals surface area contributed by atoms with Gasteiger partial charge in [-0.25, -0.2) is 0 Å². The van der Waals surface area contributed by atoms with E-state index in [1.807, 2.05) is 25.8 Å². The van der Waals surface area contributed by atoms with Crippen LogP contribution in [0.2, 0.25) is 6.32 Å². The molecule has 4 heteroatoms. The molecule has 1 aliphatic rings. The van der Waals surface area contributed by atoms with Gasteiger partial charge in [0.25, 0.3) is 0 Å². The average molecular weight is 212 g/mol. The normalized spacial score (nSPS) is 25.6. The first-order chi connectivity index (χ1) is 7.83. The first-order valence-corrected chi connectivity index (χ1v) is 5.82. The Balaban J connectivity index is 1.99. The lowest BCUT2D eigenvalue weighted by Gasteiger charge is -2.22. The van der Waals surface area contributed by atoms with Crippen LogP contribution < -0.4 is 0 Å². The van der Waals surface area contributed by atoms with Crippen molar-refractivity contribution in [2.45, 2.75) is 31.8 Å². The van der Waals surface area contributed by atoms with Crippen LogP contribution in [-0.2, 0) is 4.65 Å². The van der Waals surface area contributed by atoms with E-state index >= 15 is 0 Å². The molecule has 0 amide bonds. The van der Waals surface area contributed by atoms with Crippen molar-refractivity contribution in [2.75, 3.05) is 6.54 Å². The number of hydrogen-bond acceptors (Lipinski definition) is 2. The lowest BCUT2D eigenvalue weighted by molar-refractivity contribution is 0.207. The summed E-state index contributed by atoms with van der Waals surface area (Å²) in [6.45, 7) is 3.17. The van der Waals surface area contributed by atoms with E-state index in [0.717, 1.165) is 19.3 Å². The van der Waals surface area contributed by atoms with Gasteiger partial charge < -0.3 is 9.47 Å². The molecule has 0 aliphatic carbocycles. The molecule has 3 radical (unpaired) electrons. The van der Waals surface area contributed by atoms with Gasteiger partial charge in [0, 0.05) is 6.04 Å². The zero-order valence-electron chi connectivity index (χ0n) is 9.67. The summed E-state index contributed by atoms with van der Waals surface area (Å²) in [4.78, 5) is 2.23. The highest BCUT2D eigenvalue weighted by Crippen LogP contribution is 2.29. The minimum Gasteiger partial charge on any atom is -0.415 e. The summed E-state index contributed by atoms with van der Waals surface area (Å²) in [5.74, 6) is 0. The van der Waals surface area contributed by atoms with Gasteiger partial charge in [-0.3, -0.25) is 0 Å². The molecule has 1 aromatic carbocycles. The van der Waals surface area contributed by atoms with E-state index in [1.54, 1.807) is 0 Å². The summed E-state index contributed by atoms with van der Waals surface area (Å²) >= 11 is 0. The van der Waals surface area contributed by atoms with Crippen molar-refractivity contribution >= 4 is 15.5 Å². The first-order valence-electron chi connectivity index (χ1n) is 5.82. The van der Waals surface area contributed by atoms with E-state index in [2.05, 4.69) is 23.9 Å². The minimum atomic E-state index is 0.152. The molecule has 1 fully saturated rings. The van der Waals surface area contributed by atoms with E-state index in [4.69, 9.17) is 12.5 Å². The Morgan fingerprint density at radius 3 is 2.81 bits per heavy atom. The van der Waals surface area contributed by atoms with Crippen LogP contribution in [0.3, 0.4) is 0 Å². The minimum absolute atomic E-state index is 0.152. The summed E-state index contributed by atoms with van der Waals surface area (Å²) < 4.78 is 5.72. The van der Waals surface area contributed by atoms with E-state index in [0.29, 0.717) is 6.04 Å². The molecule has 1 heterocycles. The molecule has 16 heavy (non-hydrogen) atoms. The van der Waals surface area contributed by atoms with Crippen LogP contribution in [0.5, 0.6) is 0 Å². The van der Waals surface area contributed by atoms with Crippen LogP contribution in [-0.4, -0.2) is 32.9 Å². The van der Waals surface area contributed by atoms with Gasteiger partial charge in [0.1, 0.15) is 0 Å². The van der Waals surface area contributed by atoms with Crippen molar-refractivity contribution in [1.82, 2.24) is 4.81 Å². The lowest BCUT2D eigenvalue weighted by Crippen LogP contribution is -2.31. The van der Waals surface area contributed by atoms with Gasteiger partial charge in [-0.05, 0) is 25.5 Å². The predicted octanol–water partition coefficient (Wildman–Crippen LogP) is 1.96. The van der Waals surface area contributed by atoms with Crippen molar-refractivity contribution < 1.29 is 4.65 Å². The highest BCUT2D eigenvalue weighted by Gasteiger charge is 2.33. The van der Waals surface area contributed by atoms with Crippen molar-refractivity contribution in [1.29, 1.82) is 0 Å².